The predicted molar refractivity (Wildman–Crippen MR) is 83.5 cm³/mol. The van der Waals surface area contributed by atoms with Crippen LogP contribution in [-0.4, -0.2) is 104 Å². The van der Waals surface area contributed by atoms with E-state index in [1.165, 1.54) is 6.26 Å². The highest BCUT2D eigenvalue weighted by molar-refractivity contribution is 6.21. The summed E-state index contributed by atoms with van der Waals surface area (Å²) in [5.74, 6) is -1.60. The molecule has 0 aromatic rings. The summed E-state index contributed by atoms with van der Waals surface area (Å²) < 4.78 is 16.2. The summed E-state index contributed by atoms with van der Waals surface area (Å²) in [6, 6.07) is 0. The maximum absolute atomic E-state index is 10.3. The number of aliphatic hydroxyl groups excluding tert-OH is 7. The fourth-order valence-corrected chi connectivity index (χ4v) is 4.08. The van der Waals surface area contributed by atoms with Crippen molar-refractivity contribution in [2.24, 2.45) is 11.8 Å². The molecule has 7 N–H and O–H groups in total. The molecule has 0 bridgehead atoms. The van der Waals surface area contributed by atoms with Gasteiger partial charge in [0.2, 0.25) is 6.29 Å². The van der Waals surface area contributed by atoms with Crippen LogP contribution in [0.3, 0.4) is 0 Å². The molecule has 11 heteroatoms. The molecule has 1 saturated carbocycles. The lowest BCUT2D eigenvalue weighted by Gasteiger charge is -2.43. The van der Waals surface area contributed by atoms with Crippen LogP contribution in [0, 0.1) is 11.8 Å². The van der Waals surface area contributed by atoms with Crippen LogP contribution in [0.4, 0.5) is 0 Å². The Balaban J connectivity index is 1.80. The molecule has 11 unspecified atom stereocenters. The molecule has 0 aromatic heterocycles. The number of aliphatic hydroxyl groups is 7. The number of ether oxygens (including phenoxy) is 3. The molecule has 0 radical (unpaired) electrons. The third kappa shape index (κ3) is 3.24. The van der Waals surface area contributed by atoms with Gasteiger partial charge in [-0.3, -0.25) is 0 Å². The molecular formula is C15H23ClO10. The van der Waals surface area contributed by atoms with Crippen LogP contribution >= 0.6 is 11.6 Å². The van der Waals surface area contributed by atoms with Crippen molar-refractivity contribution in [1.29, 1.82) is 0 Å². The molecule has 2 fully saturated rings. The first-order valence-corrected chi connectivity index (χ1v) is 8.66. The minimum absolute atomic E-state index is 0.332. The largest absolute Gasteiger partial charge is 0.472 e. The minimum Gasteiger partial charge on any atom is -0.472 e. The van der Waals surface area contributed by atoms with Crippen LogP contribution in [0.15, 0.2) is 11.8 Å². The van der Waals surface area contributed by atoms with E-state index in [1.54, 1.807) is 0 Å². The van der Waals surface area contributed by atoms with Crippen LogP contribution in [0.1, 0.15) is 0 Å². The molecule has 0 aromatic carbocycles. The molecule has 0 spiro atoms. The van der Waals surface area contributed by atoms with E-state index in [4.69, 9.17) is 25.8 Å². The summed E-state index contributed by atoms with van der Waals surface area (Å²) in [4.78, 5) is 0. The van der Waals surface area contributed by atoms with E-state index in [1.807, 2.05) is 0 Å². The molecule has 150 valence electrons. The van der Waals surface area contributed by atoms with E-state index in [2.05, 4.69) is 0 Å². The van der Waals surface area contributed by atoms with E-state index in [0.717, 1.165) is 0 Å². The molecule has 11 atom stereocenters. The van der Waals surface area contributed by atoms with Gasteiger partial charge in [-0.1, -0.05) is 0 Å². The van der Waals surface area contributed by atoms with Crippen LogP contribution < -0.4 is 0 Å². The molecule has 1 saturated heterocycles. The first kappa shape index (κ1) is 20.2. The van der Waals surface area contributed by atoms with Crippen molar-refractivity contribution >= 4 is 11.6 Å². The standard InChI is InChI=1S/C15H23ClO10/c16-8-10(20)6-4(1-17)3-24-14(7(6)11(8)21)26-15-13(23)12(22)9(19)5(2-18)25-15/h3,5-15,17-23H,1-2H2. The van der Waals surface area contributed by atoms with Gasteiger partial charge in [-0.15, -0.1) is 11.6 Å². The third-order valence-corrected chi connectivity index (χ3v) is 5.74. The van der Waals surface area contributed by atoms with Gasteiger partial charge in [-0.2, -0.15) is 0 Å². The Kier molecular flexibility index (Phi) is 6.09. The monoisotopic (exact) mass is 398 g/mol. The molecule has 2 heterocycles. The maximum Gasteiger partial charge on any atom is 0.207 e. The highest BCUT2D eigenvalue weighted by Gasteiger charge is 2.57. The summed E-state index contributed by atoms with van der Waals surface area (Å²) in [6.07, 6.45) is -9.88. The first-order valence-electron chi connectivity index (χ1n) is 8.23. The zero-order chi connectivity index (χ0) is 19.2. The molecule has 10 nitrogen and oxygen atoms in total. The zero-order valence-electron chi connectivity index (χ0n) is 13.6. The smallest absolute Gasteiger partial charge is 0.207 e. The van der Waals surface area contributed by atoms with Gasteiger partial charge in [0.15, 0.2) is 6.29 Å². The van der Waals surface area contributed by atoms with Crippen molar-refractivity contribution in [2.45, 2.75) is 54.6 Å². The molecular weight excluding hydrogens is 376 g/mol. The molecule has 2 aliphatic heterocycles. The van der Waals surface area contributed by atoms with Crippen molar-refractivity contribution in [2.75, 3.05) is 13.2 Å². The summed E-state index contributed by atoms with van der Waals surface area (Å²) in [5.41, 5.74) is 0.332. The normalized spacial score (nSPS) is 51.5. The minimum atomic E-state index is -1.65. The lowest BCUT2D eigenvalue weighted by Crippen LogP contribution is -2.60. The Morgan fingerprint density at radius 3 is 2.23 bits per heavy atom. The lowest BCUT2D eigenvalue weighted by atomic mass is 9.85. The number of hydrogen-bond donors (Lipinski definition) is 7. The Morgan fingerprint density at radius 1 is 0.923 bits per heavy atom. The third-order valence-electron chi connectivity index (χ3n) is 5.22. The number of hydrogen-bond acceptors (Lipinski definition) is 10. The Labute approximate surface area is 153 Å². The van der Waals surface area contributed by atoms with Crippen molar-refractivity contribution < 1.29 is 50.0 Å². The van der Waals surface area contributed by atoms with Gasteiger partial charge in [0, 0.05) is 5.92 Å². The van der Waals surface area contributed by atoms with Gasteiger partial charge >= 0.3 is 0 Å². The second-order valence-electron chi connectivity index (χ2n) is 6.72. The molecule has 1 aliphatic carbocycles. The van der Waals surface area contributed by atoms with Gasteiger partial charge in [-0.25, -0.2) is 0 Å². The number of rotatable bonds is 4. The quantitative estimate of drug-likeness (QED) is 0.237. The summed E-state index contributed by atoms with van der Waals surface area (Å²) in [5, 5.41) is 67.9. The zero-order valence-corrected chi connectivity index (χ0v) is 14.3. The Bertz CT molecular complexity index is 531. The first-order chi connectivity index (χ1) is 12.3. The molecule has 3 rings (SSSR count). The highest BCUT2D eigenvalue weighted by Crippen LogP contribution is 2.46. The maximum atomic E-state index is 10.3. The van der Waals surface area contributed by atoms with Crippen molar-refractivity contribution in [3.8, 4) is 0 Å². The van der Waals surface area contributed by atoms with E-state index in [0.29, 0.717) is 5.57 Å². The van der Waals surface area contributed by atoms with E-state index in [9.17, 15) is 35.7 Å². The highest BCUT2D eigenvalue weighted by atomic mass is 35.5. The fourth-order valence-electron chi connectivity index (χ4n) is 3.75. The fraction of sp³-hybridized carbons (Fsp3) is 0.867. The SMILES string of the molecule is OCC1=COC(OC2OC(CO)C(O)C(O)C2O)C2C(O)C(Cl)C(O)C12. The van der Waals surface area contributed by atoms with Crippen LogP contribution in [-0.2, 0) is 14.2 Å². The second kappa shape index (κ2) is 7.84. The van der Waals surface area contributed by atoms with E-state index in [-0.39, 0.29) is 0 Å². The van der Waals surface area contributed by atoms with Crippen molar-refractivity contribution in [3.63, 3.8) is 0 Å². The van der Waals surface area contributed by atoms with E-state index < -0.39 is 79.6 Å². The molecule has 26 heavy (non-hydrogen) atoms. The van der Waals surface area contributed by atoms with Gasteiger partial charge in [0.25, 0.3) is 0 Å². The van der Waals surface area contributed by atoms with Gasteiger partial charge in [-0.05, 0) is 5.57 Å². The Hall–Kier alpha value is -0.530. The lowest BCUT2D eigenvalue weighted by molar-refractivity contribution is -0.344. The average molecular weight is 399 g/mol. The summed E-state index contributed by atoms with van der Waals surface area (Å²) >= 11 is 6.03. The topological polar surface area (TPSA) is 169 Å². The molecule has 3 aliphatic rings. The second-order valence-corrected chi connectivity index (χ2v) is 7.22. The van der Waals surface area contributed by atoms with Crippen molar-refractivity contribution in [1.82, 2.24) is 0 Å². The average Bonchev–Trinajstić information content (AvgIpc) is 2.87. The summed E-state index contributed by atoms with van der Waals surface area (Å²) in [7, 11) is 0. The number of alkyl halides is 1. The van der Waals surface area contributed by atoms with Crippen LogP contribution in [0.25, 0.3) is 0 Å². The van der Waals surface area contributed by atoms with E-state index >= 15 is 0 Å². The van der Waals surface area contributed by atoms with Crippen molar-refractivity contribution in [3.05, 3.63) is 11.8 Å². The van der Waals surface area contributed by atoms with Crippen LogP contribution in [0.5, 0.6) is 0 Å². The van der Waals surface area contributed by atoms with Gasteiger partial charge in [0.05, 0.1) is 43.0 Å². The van der Waals surface area contributed by atoms with Crippen LogP contribution in [0.2, 0.25) is 0 Å². The Morgan fingerprint density at radius 2 is 1.62 bits per heavy atom. The number of fused-ring (bicyclic) bond motifs is 1. The van der Waals surface area contributed by atoms with Gasteiger partial charge < -0.3 is 50.0 Å². The predicted octanol–water partition coefficient (Wildman–Crippen LogP) is -3.39. The summed E-state index contributed by atoms with van der Waals surface area (Å²) in [6.45, 7) is -1.04. The van der Waals surface area contributed by atoms with Gasteiger partial charge in [0.1, 0.15) is 24.4 Å². The molecule has 0 amide bonds. The number of halogens is 1.